The summed E-state index contributed by atoms with van der Waals surface area (Å²) in [5.74, 6) is 0.0141. The number of rotatable bonds is 7. The first kappa shape index (κ1) is 16.4. The Morgan fingerprint density at radius 1 is 1.32 bits per heavy atom. The molecular formula is C15H31N3O. The summed E-state index contributed by atoms with van der Waals surface area (Å²) in [6.45, 7) is 2.85. The Bertz CT molecular complexity index is 273. The largest absolute Gasteiger partial charge is 0.353 e. The van der Waals surface area contributed by atoms with Crippen LogP contribution < -0.4 is 11.1 Å². The second kappa shape index (κ2) is 7.85. The van der Waals surface area contributed by atoms with Crippen LogP contribution in [0, 0.1) is 0 Å². The summed E-state index contributed by atoms with van der Waals surface area (Å²) in [5.41, 5.74) is 6.05. The number of nitrogens with two attached hydrogens (primary N) is 1. The van der Waals surface area contributed by atoms with E-state index in [-0.39, 0.29) is 17.5 Å². The third-order valence-corrected chi connectivity index (χ3v) is 4.53. The van der Waals surface area contributed by atoms with Gasteiger partial charge in [0.05, 0.1) is 6.04 Å². The fourth-order valence-corrected chi connectivity index (χ4v) is 2.93. The monoisotopic (exact) mass is 269 g/mol. The standard InChI is InChI=1S/C15H31N3O/c1-4-5-9-13(16)14(19)17-12-15(18(2)3)10-7-6-8-11-15/h13H,4-12,16H2,1-3H3,(H,17,19). The number of carbonyl (C=O) groups is 1. The molecule has 19 heavy (non-hydrogen) atoms. The van der Waals surface area contributed by atoms with Gasteiger partial charge in [-0.2, -0.15) is 0 Å². The predicted octanol–water partition coefficient (Wildman–Crippen LogP) is 1.88. The van der Waals surface area contributed by atoms with Gasteiger partial charge < -0.3 is 16.0 Å². The maximum absolute atomic E-state index is 12.0. The molecule has 1 saturated carbocycles. The topological polar surface area (TPSA) is 58.4 Å². The predicted molar refractivity (Wildman–Crippen MR) is 80.0 cm³/mol. The minimum atomic E-state index is -0.345. The molecule has 3 N–H and O–H groups in total. The number of nitrogens with zero attached hydrogens (tertiary/aromatic N) is 1. The minimum absolute atomic E-state index is 0.0141. The zero-order valence-electron chi connectivity index (χ0n) is 12.9. The lowest BCUT2D eigenvalue weighted by Crippen LogP contribution is -2.55. The summed E-state index contributed by atoms with van der Waals surface area (Å²) < 4.78 is 0. The van der Waals surface area contributed by atoms with Crippen LogP contribution in [0.3, 0.4) is 0 Å². The number of hydrogen-bond donors (Lipinski definition) is 2. The van der Waals surface area contributed by atoms with Gasteiger partial charge in [-0.1, -0.05) is 39.0 Å². The van der Waals surface area contributed by atoms with Gasteiger partial charge in [-0.05, 0) is 33.4 Å². The third-order valence-electron chi connectivity index (χ3n) is 4.53. The Hall–Kier alpha value is -0.610. The zero-order chi connectivity index (χ0) is 14.3. The van der Waals surface area contributed by atoms with Crippen LogP contribution in [-0.4, -0.2) is 43.0 Å². The number of likely N-dealkylation sites (N-methyl/N-ethyl adjacent to an activating group) is 1. The molecule has 0 aromatic rings. The van der Waals surface area contributed by atoms with Gasteiger partial charge in [0.15, 0.2) is 0 Å². The summed E-state index contributed by atoms with van der Waals surface area (Å²) in [4.78, 5) is 14.3. The first-order valence-corrected chi connectivity index (χ1v) is 7.72. The molecule has 0 bridgehead atoms. The maximum atomic E-state index is 12.0. The Labute approximate surface area is 118 Å². The van der Waals surface area contributed by atoms with Crippen molar-refractivity contribution in [1.29, 1.82) is 0 Å². The number of hydrogen-bond acceptors (Lipinski definition) is 3. The average molecular weight is 269 g/mol. The van der Waals surface area contributed by atoms with Crippen LogP contribution in [0.15, 0.2) is 0 Å². The summed E-state index contributed by atoms with van der Waals surface area (Å²) >= 11 is 0. The van der Waals surface area contributed by atoms with E-state index in [4.69, 9.17) is 5.73 Å². The van der Waals surface area contributed by atoms with Gasteiger partial charge in [0.1, 0.15) is 0 Å². The van der Waals surface area contributed by atoms with Gasteiger partial charge in [0.2, 0.25) is 5.91 Å². The summed E-state index contributed by atoms with van der Waals surface area (Å²) in [5, 5.41) is 3.08. The third kappa shape index (κ3) is 4.77. The molecule has 1 unspecified atom stereocenters. The highest BCUT2D eigenvalue weighted by molar-refractivity contribution is 5.81. The van der Waals surface area contributed by atoms with Crippen molar-refractivity contribution in [2.75, 3.05) is 20.6 Å². The summed E-state index contributed by atoms with van der Waals surface area (Å²) in [7, 11) is 4.24. The average Bonchev–Trinajstić information content (AvgIpc) is 2.42. The number of unbranched alkanes of at least 4 members (excludes halogenated alkanes) is 1. The van der Waals surface area contributed by atoms with E-state index in [0.717, 1.165) is 25.8 Å². The number of amides is 1. The minimum Gasteiger partial charge on any atom is -0.353 e. The van der Waals surface area contributed by atoms with Crippen molar-refractivity contribution in [3.63, 3.8) is 0 Å². The molecule has 1 aliphatic rings. The van der Waals surface area contributed by atoms with Crippen LogP contribution in [0.1, 0.15) is 58.3 Å². The first-order chi connectivity index (χ1) is 9.02. The van der Waals surface area contributed by atoms with Crippen molar-refractivity contribution in [3.8, 4) is 0 Å². The molecule has 1 aliphatic carbocycles. The fourth-order valence-electron chi connectivity index (χ4n) is 2.93. The Kier molecular flexibility index (Phi) is 6.80. The van der Waals surface area contributed by atoms with E-state index in [9.17, 15) is 4.79 Å². The van der Waals surface area contributed by atoms with Crippen LogP contribution in [0.5, 0.6) is 0 Å². The second-order valence-corrected chi connectivity index (χ2v) is 6.15. The number of nitrogens with one attached hydrogen (secondary N) is 1. The van der Waals surface area contributed by atoms with Gasteiger partial charge in [-0.15, -0.1) is 0 Å². The molecule has 0 saturated heterocycles. The van der Waals surface area contributed by atoms with Crippen LogP contribution in [0.4, 0.5) is 0 Å². The molecule has 0 aromatic carbocycles. The smallest absolute Gasteiger partial charge is 0.236 e. The Morgan fingerprint density at radius 2 is 1.95 bits per heavy atom. The second-order valence-electron chi connectivity index (χ2n) is 6.15. The van der Waals surface area contributed by atoms with Crippen molar-refractivity contribution in [3.05, 3.63) is 0 Å². The van der Waals surface area contributed by atoms with Crippen molar-refractivity contribution in [2.45, 2.75) is 69.9 Å². The lowest BCUT2D eigenvalue weighted by molar-refractivity contribution is -0.123. The Balaban J connectivity index is 2.45. The van der Waals surface area contributed by atoms with Gasteiger partial charge >= 0.3 is 0 Å². The zero-order valence-corrected chi connectivity index (χ0v) is 12.9. The van der Waals surface area contributed by atoms with E-state index >= 15 is 0 Å². The molecule has 1 atom stereocenters. The molecule has 112 valence electrons. The van der Waals surface area contributed by atoms with Crippen LogP contribution in [-0.2, 0) is 4.79 Å². The lowest BCUT2D eigenvalue weighted by atomic mass is 9.80. The van der Waals surface area contributed by atoms with E-state index in [1.165, 1.54) is 32.1 Å². The normalized spacial score (nSPS) is 20.3. The molecule has 0 radical (unpaired) electrons. The van der Waals surface area contributed by atoms with Gasteiger partial charge in [0.25, 0.3) is 0 Å². The SMILES string of the molecule is CCCCC(N)C(=O)NCC1(N(C)C)CCCCC1. The molecule has 4 nitrogen and oxygen atoms in total. The molecule has 4 heteroatoms. The van der Waals surface area contributed by atoms with Crippen LogP contribution >= 0.6 is 0 Å². The molecule has 0 spiro atoms. The highest BCUT2D eigenvalue weighted by atomic mass is 16.2. The molecular weight excluding hydrogens is 238 g/mol. The van der Waals surface area contributed by atoms with E-state index in [0.29, 0.717) is 0 Å². The van der Waals surface area contributed by atoms with E-state index in [1.807, 2.05) is 0 Å². The maximum Gasteiger partial charge on any atom is 0.236 e. The van der Waals surface area contributed by atoms with Gasteiger partial charge in [-0.3, -0.25) is 4.79 Å². The van der Waals surface area contributed by atoms with E-state index < -0.39 is 0 Å². The summed E-state index contributed by atoms with van der Waals surface area (Å²) in [6, 6.07) is -0.345. The van der Waals surface area contributed by atoms with Crippen molar-refractivity contribution >= 4 is 5.91 Å². The molecule has 0 aromatic heterocycles. The fraction of sp³-hybridized carbons (Fsp3) is 0.933. The van der Waals surface area contributed by atoms with E-state index in [2.05, 4.69) is 31.2 Å². The van der Waals surface area contributed by atoms with Crippen molar-refractivity contribution in [2.24, 2.45) is 5.73 Å². The van der Waals surface area contributed by atoms with Gasteiger partial charge in [-0.25, -0.2) is 0 Å². The van der Waals surface area contributed by atoms with Crippen LogP contribution in [0.25, 0.3) is 0 Å². The van der Waals surface area contributed by atoms with Crippen molar-refractivity contribution in [1.82, 2.24) is 10.2 Å². The lowest BCUT2D eigenvalue weighted by Gasteiger charge is -2.43. The van der Waals surface area contributed by atoms with Crippen LogP contribution in [0.2, 0.25) is 0 Å². The molecule has 1 fully saturated rings. The molecule has 0 aliphatic heterocycles. The molecule has 1 rings (SSSR count). The number of carbonyl (C=O) groups excluding carboxylic acids is 1. The first-order valence-electron chi connectivity index (χ1n) is 7.72. The van der Waals surface area contributed by atoms with Gasteiger partial charge in [0, 0.05) is 12.1 Å². The highest BCUT2D eigenvalue weighted by Gasteiger charge is 2.34. The summed E-state index contributed by atoms with van der Waals surface area (Å²) in [6.07, 6.45) is 9.08. The Morgan fingerprint density at radius 3 is 2.47 bits per heavy atom. The molecule has 0 heterocycles. The molecule has 1 amide bonds. The highest BCUT2D eigenvalue weighted by Crippen LogP contribution is 2.31. The van der Waals surface area contributed by atoms with E-state index in [1.54, 1.807) is 0 Å². The van der Waals surface area contributed by atoms with Crippen molar-refractivity contribution < 1.29 is 4.79 Å². The quantitative estimate of drug-likeness (QED) is 0.742.